The maximum absolute atomic E-state index is 13.4. The van der Waals surface area contributed by atoms with Crippen molar-refractivity contribution >= 4 is 22.8 Å². The number of nitrogens with zero attached hydrogens (tertiary/aromatic N) is 3. The van der Waals surface area contributed by atoms with Crippen LogP contribution in [0.25, 0.3) is 11.0 Å². The van der Waals surface area contributed by atoms with E-state index in [4.69, 9.17) is 5.11 Å². The van der Waals surface area contributed by atoms with Crippen LogP contribution >= 0.6 is 0 Å². The van der Waals surface area contributed by atoms with Crippen LogP contribution in [-0.4, -0.2) is 50.2 Å². The summed E-state index contributed by atoms with van der Waals surface area (Å²) in [5, 5.41) is 11.8. The highest BCUT2D eigenvalue weighted by Gasteiger charge is 2.36. The van der Waals surface area contributed by atoms with Crippen molar-refractivity contribution in [2.45, 2.75) is 102 Å². The normalized spacial score (nSPS) is 23.8. The van der Waals surface area contributed by atoms with E-state index >= 15 is 0 Å². The van der Waals surface area contributed by atoms with E-state index in [0.717, 1.165) is 11.9 Å². The van der Waals surface area contributed by atoms with E-state index < -0.39 is 5.97 Å². The zero-order chi connectivity index (χ0) is 23.4. The van der Waals surface area contributed by atoms with Gasteiger partial charge in [-0.15, -0.1) is 0 Å². The van der Waals surface area contributed by atoms with Crippen molar-refractivity contribution in [1.82, 2.24) is 14.5 Å². The second-order valence-electron chi connectivity index (χ2n) is 9.98. The van der Waals surface area contributed by atoms with Crippen LogP contribution in [0.4, 0.5) is 5.82 Å². The summed E-state index contributed by atoms with van der Waals surface area (Å²) in [4.78, 5) is 31.6. The summed E-state index contributed by atoms with van der Waals surface area (Å²) < 4.78 is 1.83. The summed E-state index contributed by atoms with van der Waals surface area (Å²) in [5.74, 6) is -0.904. The van der Waals surface area contributed by atoms with E-state index in [2.05, 4.69) is 29.0 Å². The largest absolute Gasteiger partial charge is 0.480 e. The fraction of sp³-hybridized carbons (Fsp3) is 0.654. The summed E-state index contributed by atoms with van der Waals surface area (Å²) in [6, 6.07) is 9.33. The van der Waals surface area contributed by atoms with E-state index in [0.29, 0.717) is 23.6 Å². The van der Waals surface area contributed by atoms with Crippen LogP contribution in [-0.2, 0) is 4.79 Å². The molecule has 1 aliphatic heterocycles. The van der Waals surface area contributed by atoms with Crippen LogP contribution in [0.2, 0.25) is 0 Å². The predicted molar refractivity (Wildman–Crippen MR) is 132 cm³/mol. The molecule has 2 aliphatic rings. The Kier molecular flexibility index (Phi) is 7.68. The zero-order valence-electron chi connectivity index (χ0n) is 20.0. The molecule has 7 nitrogen and oxygen atoms in total. The van der Waals surface area contributed by atoms with Gasteiger partial charge in [-0.1, -0.05) is 44.2 Å². The number of fused-ring (bicyclic) bond motifs is 1. The topological polar surface area (TPSA) is 87.5 Å². The summed E-state index contributed by atoms with van der Waals surface area (Å²) in [6.45, 7) is 4.16. The highest BCUT2D eigenvalue weighted by Crippen LogP contribution is 2.35. The lowest BCUT2D eigenvalue weighted by atomic mass is 9.94. The van der Waals surface area contributed by atoms with Crippen molar-refractivity contribution in [3.05, 3.63) is 34.6 Å². The van der Waals surface area contributed by atoms with Crippen molar-refractivity contribution in [1.29, 1.82) is 0 Å². The summed E-state index contributed by atoms with van der Waals surface area (Å²) in [6.07, 6.45) is 12.6. The number of para-hydroxylation sites is 2. The Morgan fingerprint density at radius 1 is 1.12 bits per heavy atom. The molecule has 180 valence electrons. The minimum absolute atomic E-state index is 0.0119. The Bertz CT molecular complexity index is 1010. The number of likely N-dealkylation sites (tertiary alicyclic amines) is 1. The van der Waals surface area contributed by atoms with Crippen molar-refractivity contribution in [2.24, 2.45) is 0 Å². The molecule has 33 heavy (non-hydrogen) atoms. The Labute approximate surface area is 196 Å². The predicted octanol–water partition coefficient (Wildman–Crippen LogP) is 4.81. The first-order valence-corrected chi connectivity index (χ1v) is 12.7. The van der Waals surface area contributed by atoms with Gasteiger partial charge < -0.3 is 15.0 Å². The van der Waals surface area contributed by atoms with Crippen molar-refractivity contribution in [2.75, 3.05) is 11.9 Å². The van der Waals surface area contributed by atoms with Gasteiger partial charge in [-0.3, -0.25) is 14.5 Å². The minimum Gasteiger partial charge on any atom is -0.480 e. The van der Waals surface area contributed by atoms with Gasteiger partial charge in [0.15, 0.2) is 5.82 Å². The standard InChI is InChI=1S/C26H38N4O3/c1-18-14-15-21(29(18)20-10-6-4-3-5-7-11-20)16-19(2)30-23-13-9-8-12-22(23)28-25(26(30)33)27-17-24(31)32/h8-9,12-13,18-21H,3-7,10-11,14-17H2,1-2H3,(H,27,28)(H,31,32)/t18?,19-,21-/m0/s1. The molecule has 2 fully saturated rings. The first-order chi connectivity index (χ1) is 16.0. The van der Waals surface area contributed by atoms with Crippen molar-refractivity contribution < 1.29 is 9.90 Å². The van der Waals surface area contributed by atoms with Gasteiger partial charge in [-0.05, 0) is 58.1 Å². The molecule has 2 heterocycles. The maximum atomic E-state index is 13.4. The number of rotatable bonds is 7. The minimum atomic E-state index is -1.02. The number of hydrogen-bond donors (Lipinski definition) is 2. The Morgan fingerprint density at radius 2 is 1.82 bits per heavy atom. The molecule has 0 bridgehead atoms. The van der Waals surface area contributed by atoms with Gasteiger partial charge >= 0.3 is 5.97 Å². The van der Waals surface area contributed by atoms with Crippen LogP contribution in [0.5, 0.6) is 0 Å². The van der Waals surface area contributed by atoms with E-state index in [-0.39, 0.29) is 24.0 Å². The number of benzene rings is 1. The highest BCUT2D eigenvalue weighted by molar-refractivity contribution is 5.77. The van der Waals surface area contributed by atoms with Gasteiger partial charge in [-0.25, -0.2) is 4.98 Å². The number of carboxylic acids is 1. The molecular weight excluding hydrogens is 416 g/mol. The molecule has 1 aromatic carbocycles. The second kappa shape index (κ2) is 10.7. The molecule has 1 saturated carbocycles. The molecule has 0 amide bonds. The molecule has 1 aromatic heterocycles. The number of anilines is 1. The van der Waals surface area contributed by atoms with Crippen molar-refractivity contribution in [3.8, 4) is 0 Å². The molecule has 4 rings (SSSR count). The molecule has 7 heteroatoms. The Hall–Kier alpha value is -2.41. The third kappa shape index (κ3) is 5.40. The van der Waals surface area contributed by atoms with Crippen LogP contribution in [0.1, 0.15) is 84.1 Å². The zero-order valence-corrected chi connectivity index (χ0v) is 20.0. The second-order valence-corrected chi connectivity index (χ2v) is 9.98. The SMILES string of the molecule is CC1CC[C@@H](C[C@H](C)n2c(=O)c(NCC(=O)O)nc3ccccc32)N1C1CCCCCCC1. The average Bonchev–Trinajstić information content (AvgIpc) is 3.12. The van der Waals surface area contributed by atoms with Gasteiger partial charge in [0.05, 0.1) is 11.0 Å². The number of carbonyl (C=O) groups is 1. The average molecular weight is 455 g/mol. The fourth-order valence-electron chi connectivity index (χ4n) is 6.09. The Morgan fingerprint density at radius 3 is 2.55 bits per heavy atom. The number of nitrogens with one attached hydrogen (secondary N) is 1. The number of hydrogen-bond acceptors (Lipinski definition) is 5. The first kappa shape index (κ1) is 23.7. The lowest BCUT2D eigenvalue weighted by Gasteiger charge is -2.38. The molecular formula is C26H38N4O3. The number of aliphatic carboxylic acids is 1. The van der Waals surface area contributed by atoms with Gasteiger partial charge in [-0.2, -0.15) is 0 Å². The summed E-state index contributed by atoms with van der Waals surface area (Å²) >= 11 is 0. The smallest absolute Gasteiger partial charge is 0.322 e. The van der Waals surface area contributed by atoms with E-state index in [9.17, 15) is 9.59 Å². The maximum Gasteiger partial charge on any atom is 0.322 e. The van der Waals surface area contributed by atoms with E-state index in [1.54, 1.807) is 0 Å². The van der Waals surface area contributed by atoms with E-state index in [1.165, 1.54) is 57.8 Å². The van der Waals surface area contributed by atoms with Crippen LogP contribution < -0.4 is 10.9 Å². The summed E-state index contributed by atoms with van der Waals surface area (Å²) in [7, 11) is 0. The van der Waals surface area contributed by atoms with Crippen LogP contribution in [0, 0.1) is 0 Å². The van der Waals surface area contributed by atoms with E-state index in [1.807, 2.05) is 28.8 Å². The molecule has 1 aliphatic carbocycles. The van der Waals surface area contributed by atoms with Gasteiger partial charge in [0.1, 0.15) is 6.54 Å². The monoisotopic (exact) mass is 454 g/mol. The molecule has 2 N–H and O–H groups in total. The lowest BCUT2D eigenvalue weighted by molar-refractivity contribution is -0.134. The number of carboxylic acid groups (broad SMARTS) is 1. The Balaban J connectivity index is 1.61. The fourth-order valence-corrected chi connectivity index (χ4v) is 6.09. The quantitative estimate of drug-likeness (QED) is 0.624. The molecule has 3 atom stereocenters. The van der Waals surface area contributed by atoms with Crippen LogP contribution in [0.3, 0.4) is 0 Å². The molecule has 2 aromatic rings. The van der Waals surface area contributed by atoms with Gasteiger partial charge in [0.2, 0.25) is 0 Å². The molecule has 1 saturated heterocycles. The van der Waals surface area contributed by atoms with Gasteiger partial charge in [0, 0.05) is 24.2 Å². The highest BCUT2D eigenvalue weighted by atomic mass is 16.4. The third-order valence-electron chi connectivity index (χ3n) is 7.60. The first-order valence-electron chi connectivity index (χ1n) is 12.7. The lowest BCUT2D eigenvalue weighted by Crippen LogP contribution is -2.44. The molecule has 0 radical (unpaired) electrons. The van der Waals surface area contributed by atoms with Gasteiger partial charge in [0.25, 0.3) is 5.56 Å². The third-order valence-corrected chi connectivity index (χ3v) is 7.60. The van der Waals surface area contributed by atoms with Crippen LogP contribution in [0.15, 0.2) is 29.1 Å². The van der Waals surface area contributed by atoms with Crippen molar-refractivity contribution in [3.63, 3.8) is 0 Å². The molecule has 1 unspecified atom stereocenters. The summed E-state index contributed by atoms with van der Waals surface area (Å²) in [5.41, 5.74) is 1.26. The molecule has 0 spiro atoms. The number of aromatic nitrogens is 2.